The van der Waals surface area contributed by atoms with Crippen LogP contribution in [0.3, 0.4) is 0 Å². The van der Waals surface area contributed by atoms with Gasteiger partial charge in [-0.3, -0.25) is 4.98 Å². The molecule has 162 valence electrons. The van der Waals surface area contributed by atoms with Gasteiger partial charge >= 0.3 is 0 Å². The van der Waals surface area contributed by atoms with Gasteiger partial charge in [0.2, 0.25) is 0 Å². The highest BCUT2D eigenvalue weighted by Crippen LogP contribution is 2.39. The van der Waals surface area contributed by atoms with Gasteiger partial charge in [0.15, 0.2) is 0 Å². The molecule has 0 amide bonds. The van der Waals surface area contributed by atoms with E-state index >= 15 is 0 Å². The van der Waals surface area contributed by atoms with Crippen LogP contribution in [0, 0.1) is 23.3 Å². The molecule has 0 radical (unpaired) electrons. The Morgan fingerprint density at radius 2 is 1.03 bits per heavy atom. The van der Waals surface area contributed by atoms with E-state index in [0.29, 0.717) is 39.9 Å². The largest absolute Gasteiger partial charge is 0.251 e. The molecule has 0 saturated carbocycles. The van der Waals surface area contributed by atoms with E-state index in [4.69, 9.17) is 4.98 Å². The highest BCUT2D eigenvalue weighted by molar-refractivity contribution is 6.03. The van der Waals surface area contributed by atoms with Crippen molar-refractivity contribution in [3.63, 3.8) is 0 Å². The van der Waals surface area contributed by atoms with Crippen molar-refractivity contribution in [2.75, 3.05) is 0 Å². The fourth-order valence-electron chi connectivity index (χ4n) is 4.01. The molecule has 0 fully saturated rings. The van der Waals surface area contributed by atoms with Crippen LogP contribution in [0.2, 0.25) is 0 Å². The molecule has 0 aliphatic carbocycles. The van der Waals surface area contributed by atoms with Crippen LogP contribution in [0.5, 0.6) is 0 Å². The van der Waals surface area contributed by atoms with E-state index in [1.54, 1.807) is 42.5 Å². The Morgan fingerprint density at radius 1 is 0.515 bits per heavy atom. The van der Waals surface area contributed by atoms with E-state index in [2.05, 4.69) is 0 Å². The fraction of sp³-hybridized carbons (Fsp3) is 0.0357. The van der Waals surface area contributed by atoms with E-state index in [0.717, 1.165) is 10.9 Å². The number of hydrogen-bond acceptors (Lipinski definition) is 1. The Bertz CT molecular complexity index is 1440. The molecule has 5 aromatic rings. The van der Waals surface area contributed by atoms with Gasteiger partial charge in [-0.05, 0) is 83.2 Å². The second-order valence-electron chi connectivity index (χ2n) is 7.79. The normalized spacial score (nSPS) is 11.2. The Kier molecular flexibility index (Phi) is 5.38. The van der Waals surface area contributed by atoms with E-state index < -0.39 is 11.6 Å². The maximum Gasteiger partial charge on any atom is 0.123 e. The summed E-state index contributed by atoms with van der Waals surface area (Å²) < 4.78 is 55.1. The molecule has 33 heavy (non-hydrogen) atoms. The van der Waals surface area contributed by atoms with E-state index in [-0.39, 0.29) is 11.6 Å². The Morgan fingerprint density at radius 3 is 1.64 bits per heavy atom. The molecule has 5 heteroatoms. The van der Waals surface area contributed by atoms with Crippen LogP contribution >= 0.6 is 0 Å². The van der Waals surface area contributed by atoms with Crippen LogP contribution in [-0.2, 0) is 6.42 Å². The third-order valence-corrected chi connectivity index (χ3v) is 5.58. The van der Waals surface area contributed by atoms with Crippen molar-refractivity contribution in [2.24, 2.45) is 0 Å². The molecule has 0 unspecified atom stereocenters. The third kappa shape index (κ3) is 4.22. The average molecular weight is 443 g/mol. The van der Waals surface area contributed by atoms with Gasteiger partial charge in [-0.1, -0.05) is 24.3 Å². The van der Waals surface area contributed by atoms with Crippen LogP contribution in [0.4, 0.5) is 17.6 Å². The number of benzene rings is 4. The lowest BCUT2D eigenvalue weighted by atomic mass is 9.91. The van der Waals surface area contributed by atoms with Gasteiger partial charge in [0, 0.05) is 22.9 Å². The predicted molar refractivity (Wildman–Crippen MR) is 122 cm³/mol. The van der Waals surface area contributed by atoms with E-state index in [1.807, 2.05) is 0 Å². The van der Waals surface area contributed by atoms with Crippen molar-refractivity contribution in [2.45, 2.75) is 6.42 Å². The number of nitrogens with zero attached hydrogens (tertiary/aromatic N) is 1. The predicted octanol–water partition coefficient (Wildman–Crippen LogP) is 7.72. The second-order valence-corrected chi connectivity index (χ2v) is 7.79. The zero-order chi connectivity index (χ0) is 22.9. The van der Waals surface area contributed by atoms with Gasteiger partial charge in [0.05, 0.1) is 11.4 Å². The van der Waals surface area contributed by atoms with Crippen molar-refractivity contribution < 1.29 is 17.6 Å². The summed E-state index contributed by atoms with van der Waals surface area (Å²) in [6, 6.07) is 22.4. The minimum Gasteiger partial charge on any atom is -0.251 e. The van der Waals surface area contributed by atoms with Crippen LogP contribution in [-0.4, -0.2) is 4.98 Å². The molecule has 1 heterocycles. The minimum atomic E-state index is -0.421. The molecule has 1 aromatic heterocycles. The summed E-state index contributed by atoms with van der Waals surface area (Å²) in [5.74, 6) is -1.54. The molecule has 0 atom stereocenters. The summed E-state index contributed by atoms with van der Waals surface area (Å²) in [6.07, 6.45) is 0.389. The van der Waals surface area contributed by atoms with Gasteiger partial charge in [-0.15, -0.1) is 0 Å². The van der Waals surface area contributed by atoms with Crippen molar-refractivity contribution in [1.29, 1.82) is 0 Å². The first-order chi connectivity index (χ1) is 16.0. The quantitative estimate of drug-likeness (QED) is 0.259. The number of halogens is 4. The van der Waals surface area contributed by atoms with Gasteiger partial charge in [0.1, 0.15) is 23.3 Å². The van der Waals surface area contributed by atoms with Crippen molar-refractivity contribution in [3.8, 4) is 22.4 Å². The minimum absolute atomic E-state index is 0.336. The molecule has 0 spiro atoms. The maximum absolute atomic E-state index is 14.4. The monoisotopic (exact) mass is 443 g/mol. The second kappa shape index (κ2) is 8.51. The zero-order valence-electron chi connectivity index (χ0n) is 17.3. The van der Waals surface area contributed by atoms with Gasteiger partial charge in [-0.25, -0.2) is 17.6 Å². The van der Waals surface area contributed by atoms with E-state index in [1.165, 1.54) is 48.5 Å². The van der Waals surface area contributed by atoms with Crippen LogP contribution < -0.4 is 0 Å². The molecular formula is C28H17F4N. The van der Waals surface area contributed by atoms with Crippen molar-refractivity contribution in [3.05, 3.63) is 126 Å². The first-order valence-electron chi connectivity index (χ1n) is 10.4. The van der Waals surface area contributed by atoms with Gasteiger partial charge in [-0.2, -0.15) is 0 Å². The fourth-order valence-corrected chi connectivity index (χ4v) is 4.01. The lowest BCUT2D eigenvalue weighted by molar-refractivity contribution is 0.627. The molecule has 0 aliphatic heterocycles. The smallest absolute Gasteiger partial charge is 0.123 e. The first-order valence-corrected chi connectivity index (χ1v) is 10.4. The molecular weight excluding hydrogens is 426 g/mol. The number of hydrogen-bond donors (Lipinski definition) is 0. The highest BCUT2D eigenvalue weighted by atomic mass is 19.1. The molecule has 5 rings (SSSR count). The Balaban J connectivity index is 1.81. The lowest BCUT2D eigenvalue weighted by Gasteiger charge is -2.17. The summed E-state index contributed by atoms with van der Waals surface area (Å²) in [7, 11) is 0. The summed E-state index contributed by atoms with van der Waals surface area (Å²) in [4.78, 5) is 4.91. The number of fused-ring (bicyclic) bond motifs is 1. The van der Waals surface area contributed by atoms with E-state index in [9.17, 15) is 17.6 Å². The van der Waals surface area contributed by atoms with Crippen LogP contribution in [0.1, 0.15) is 11.3 Å². The summed E-state index contributed by atoms with van der Waals surface area (Å²) in [5.41, 5.74) is 3.96. The average Bonchev–Trinajstić information content (AvgIpc) is 2.81. The molecule has 1 nitrogen and oxygen atoms in total. The standard InChI is InChI=1S/C28H17F4N/c29-20-7-1-17(2-8-20)15-26-24-14-13-23(32)16-25(24)27(18-3-9-21(30)10-4-18)28(33-26)19-5-11-22(31)12-6-19/h1-14,16H,15H2. The summed E-state index contributed by atoms with van der Waals surface area (Å²) in [6.45, 7) is 0. The molecule has 0 aliphatic rings. The van der Waals surface area contributed by atoms with Crippen molar-refractivity contribution >= 4 is 10.8 Å². The zero-order valence-corrected chi connectivity index (χ0v) is 17.3. The molecule has 0 N–H and O–H groups in total. The highest BCUT2D eigenvalue weighted by Gasteiger charge is 2.18. The number of aromatic nitrogens is 1. The molecule has 0 saturated heterocycles. The van der Waals surface area contributed by atoms with Crippen LogP contribution in [0.15, 0.2) is 91.0 Å². The van der Waals surface area contributed by atoms with Crippen molar-refractivity contribution in [1.82, 2.24) is 4.98 Å². The number of rotatable bonds is 4. The van der Waals surface area contributed by atoms with Gasteiger partial charge < -0.3 is 0 Å². The maximum atomic E-state index is 14.4. The number of pyridine rings is 1. The Hall–Kier alpha value is -3.99. The Labute approximate surface area is 188 Å². The topological polar surface area (TPSA) is 12.9 Å². The summed E-state index contributed by atoms with van der Waals surface area (Å²) in [5, 5.41) is 1.33. The molecule has 0 bridgehead atoms. The first kappa shape index (κ1) is 20.9. The lowest BCUT2D eigenvalue weighted by Crippen LogP contribution is -2.01. The molecule has 4 aromatic carbocycles. The third-order valence-electron chi connectivity index (χ3n) is 5.58. The summed E-state index contributed by atoms with van der Waals surface area (Å²) >= 11 is 0. The SMILES string of the molecule is Fc1ccc(Cc2nc(-c3ccc(F)cc3)c(-c3ccc(F)cc3)c3cc(F)ccc23)cc1. The van der Waals surface area contributed by atoms with Gasteiger partial charge in [0.25, 0.3) is 0 Å². The van der Waals surface area contributed by atoms with Crippen LogP contribution in [0.25, 0.3) is 33.2 Å².